The predicted molar refractivity (Wildman–Crippen MR) is 61.1 cm³/mol. The molecule has 94 valence electrons. The van der Waals surface area contributed by atoms with E-state index >= 15 is 0 Å². The Balaban J connectivity index is 1.95. The van der Waals surface area contributed by atoms with Crippen molar-refractivity contribution in [2.24, 2.45) is 0 Å². The second-order valence-corrected chi connectivity index (χ2v) is 3.50. The van der Waals surface area contributed by atoms with E-state index in [4.69, 9.17) is 9.26 Å². The monoisotopic (exact) mass is 249 g/mol. The van der Waals surface area contributed by atoms with E-state index in [-0.39, 0.29) is 12.3 Å². The van der Waals surface area contributed by atoms with Crippen molar-refractivity contribution in [3.8, 4) is 5.75 Å². The highest BCUT2D eigenvalue weighted by atomic mass is 16.6. The number of hydrogen-bond acceptors (Lipinski definition) is 6. The Morgan fingerprint density at radius 3 is 2.67 bits per heavy atom. The van der Waals surface area contributed by atoms with Crippen molar-refractivity contribution in [2.45, 2.75) is 20.0 Å². The molecule has 0 N–H and O–H groups in total. The molecule has 2 rings (SSSR count). The summed E-state index contributed by atoms with van der Waals surface area (Å²) in [7, 11) is 0. The van der Waals surface area contributed by atoms with Crippen molar-refractivity contribution >= 4 is 5.69 Å². The maximum atomic E-state index is 10.5. The lowest BCUT2D eigenvalue weighted by Crippen LogP contribution is -1.96. The van der Waals surface area contributed by atoms with Crippen molar-refractivity contribution in [2.75, 3.05) is 0 Å². The van der Waals surface area contributed by atoms with E-state index < -0.39 is 4.92 Å². The second-order valence-electron chi connectivity index (χ2n) is 3.50. The minimum atomic E-state index is -0.463. The molecule has 7 nitrogen and oxygen atoms in total. The van der Waals surface area contributed by atoms with E-state index in [0.29, 0.717) is 23.9 Å². The van der Waals surface area contributed by atoms with Gasteiger partial charge in [0.25, 0.3) is 11.6 Å². The molecule has 18 heavy (non-hydrogen) atoms. The van der Waals surface area contributed by atoms with Crippen LogP contribution in [0.25, 0.3) is 0 Å². The first kappa shape index (κ1) is 12.0. The summed E-state index contributed by atoms with van der Waals surface area (Å²) < 4.78 is 10.3. The highest BCUT2D eigenvalue weighted by Gasteiger charge is 2.07. The molecule has 2 aromatic rings. The van der Waals surface area contributed by atoms with Crippen LogP contribution in [-0.4, -0.2) is 15.1 Å². The fourth-order valence-corrected chi connectivity index (χ4v) is 1.30. The number of aryl methyl sites for hydroxylation is 1. The molecular weight excluding hydrogens is 238 g/mol. The third kappa shape index (κ3) is 2.82. The zero-order valence-electron chi connectivity index (χ0n) is 9.70. The van der Waals surface area contributed by atoms with Crippen LogP contribution in [0.4, 0.5) is 5.69 Å². The van der Waals surface area contributed by atoms with Crippen molar-refractivity contribution in [3.63, 3.8) is 0 Å². The normalized spacial score (nSPS) is 10.3. The van der Waals surface area contributed by atoms with Crippen LogP contribution in [-0.2, 0) is 13.0 Å². The first-order chi connectivity index (χ1) is 8.69. The second kappa shape index (κ2) is 5.26. The molecule has 0 aliphatic heterocycles. The minimum Gasteiger partial charge on any atom is -0.484 e. The summed E-state index contributed by atoms with van der Waals surface area (Å²) in [6.07, 6.45) is 0.695. The molecule has 0 radical (unpaired) electrons. The number of rotatable bonds is 5. The molecule has 0 atom stereocenters. The topological polar surface area (TPSA) is 91.3 Å². The summed E-state index contributed by atoms with van der Waals surface area (Å²) in [6.45, 7) is 2.07. The van der Waals surface area contributed by atoms with Gasteiger partial charge in [0.15, 0.2) is 12.4 Å². The Labute approximate surface area is 103 Å². The summed E-state index contributed by atoms with van der Waals surface area (Å²) in [5.74, 6) is 1.51. The van der Waals surface area contributed by atoms with Crippen LogP contribution < -0.4 is 4.74 Å². The van der Waals surface area contributed by atoms with E-state index in [0.717, 1.165) is 0 Å². The Bertz CT molecular complexity index is 535. The van der Waals surface area contributed by atoms with Gasteiger partial charge in [-0.3, -0.25) is 10.1 Å². The van der Waals surface area contributed by atoms with Gasteiger partial charge in [0.05, 0.1) is 4.92 Å². The van der Waals surface area contributed by atoms with Gasteiger partial charge in [0, 0.05) is 18.6 Å². The summed E-state index contributed by atoms with van der Waals surface area (Å²) in [4.78, 5) is 14.1. The molecule has 0 unspecified atom stereocenters. The molecular formula is C11H11N3O4. The number of aromatic nitrogens is 2. The van der Waals surface area contributed by atoms with Gasteiger partial charge < -0.3 is 9.26 Å². The van der Waals surface area contributed by atoms with E-state index in [1.54, 1.807) is 0 Å². The van der Waals surface area contributed by atoms with Gasteiger partial charge in [-0.25, -0.2) is 0 Å². The minimum absolute atomic E-state index is 0.0217. The molecule has 0 amide bonds. The third-order valence-electron chi connectivity index (χ3n) is 2.24. The number of nitro groups is 1. The molecule has 1 aromatic carbocycles. The Morgan fingerprint density at radius 1 is 1.39 bits per heavy atom. The van der Waals surface area contributed by atoms with Crippen molar-refractivity contribution in [3.05, 3.63) is 46.1 Å². The lowest BCUT2D eigenvalue weighted by Gasteiger charge is -2.01. The highest BCUT2D eigenvalue weighted by Crippen LogP contribution is 2.18. The first-order valence-corrected chi connectivity index (χ1v) is 5.37. The zero-order valence-corrected chi connectivity index (χ0v) is 9.70. The summed E-state index contributed by atoms with van der Waals surface area (Å²) >= 11 is 0. The van der Waals surface area contributed by atoms with Gasteiger partial charge in [0.2, 0.25) is 0 Å². The van der Waals surface area contributed by atoms with Crippen LogP contribution in [0.15, 0.2) is 28.8 Å². The lowest BCUT2D eigenvalue weighted by molar-refractivity contribution is -0.384. The standard InChI is InChI=1S/C11H11N3O4/c1-2-10-12-11(18-13-10)7-17-9-5-3-8(4-6-9)14(15)16/h3-6H,2,7H2,1H3. The molecule has 0 bridgehead atoms. The van der Waals surface area contributed by atoms with E-state index in [1.165, 1.54) is 24.3 Å². The first-order valence-electron chi connectivity index (χ1n) is 5.37. The van der Waals surface area contributed by atoms with Crippen LogP contribution in [0.1, 0.15) is 18.6 Å². The number of ether oxygens (including phenoxy) is 1. The Hall–Kier alpha value is -2.44. The predicted octanol–water partition coefficient (Wildman–Crippen LogP) is 2.12. The van der Waals surface area contributed by atoms with Crippen molar-refractivity contribution < 1.29 is 14.2 Å². The molecule has 0 aliphatic carbocycles. The fourth-order valence-electron chi connectivity index (χ4n) is 1.30. The van der Waals surface area contributed by atoms with Gasteiger partial charge in [-0.2, -0.15) is 4.98 Å². The highest BCUT2D eigenvalue weighted by molar-refractivity contribution is 5.35. The van der Waals surface area contributed by atoms with Crippen molar-refractivity contribution in [1.82, 2.24) is 10.1 Å². The van der Waals surface area contributed by atoms with E-state index in [2.05, 4.69) is 10.1 Å². The van der Waals surface area contributed by atoms with Gasteiger partial charge in [-0.15, -0.1) is 0 Å². The molecule has 1 aromatic heterocycles. The number of hydrogen-bond donors (Lipinski definition) is 0. The average molecular weight is 249 g/mol. The number of non-ortho nitro benzene ring substituents is 1. The van der Waals surface area contributed by atoms with E-state index in [9.17, 15) is 10.1 Å². The Morgan fingerprint density at radius 2 is 2.11 bits per heavy atom. The van der Waals surface area contributed by atoms with Crippen molar-refractivity contribution in [1.29, 1.82) is 0 Å². The number of nitrogens with zero attached hydrogens (tertiary/aromatic N) is 3. The van der Waals surface area contributed by atoms with Gasteiger partial charge >= 0.3 is 0 Å². The lowest BCUT2D eigenvalue weighted by atomic mass is 10.3. The van der Waals surface area contributed by atoms with Gasteiger partial charge in [-0.05, 0) is 12.1 Å². The SMILES string of the molecule is CCc1noc(COc2ccc([N+](=O)[O-])cc2)n1. The summed E-state index contributed by atoms with van der Waals surface area (Å²) in [5.41, 5.74) is 0.0217. The van der Waals surface area contributed by atoms with Crippen LogP contribution in [0.3, 0.4) is 0 Å². The molecule has 1 heterocycles. The largest absolute Gasteiger partial charge is 0.484 e. The fraction of sp³-hybridized carbons (Fsp3) is 0.273. The number of nitro benzene ring substituents is 1. The Kier molecular flexibility index (Phi) is 3.52. The summed E-state index contributed by atoms with van der Waals surface area (Å²) in [6, 6.07) is 5.80. The summed E-state index contributed by atoms with van der Waals surface area (Å²) in [5, 5.41) is 14.2. The molecule has 0 saturated carbocycles. The number of benzene rings is 1. The van der Waals surface area contributed by atoms with Gasteiger partial charge in [0.1, 0.15) is 5.75 Å². The average Bonchev–Trinajstić information content (AvgIpc) is 2.85. The maximum absolute atomic E-state index is 10.5. The smallest absolute Gasteiger partial charge is 0.269 e. The van der Waals surface area contributed by atoms with E-state index in [1.807, 2.05) is 6.92 Å². The third-order valence-corrected chi connectivity index (χ3v) is 2.24. The van der Waals surface area contributed by atoms with Crippen LogP contribution in [0.2, 0.25) is 0 Å². The zero-order chi connectivity index (χ0) is 13.0. The van der Waals surface area contributed by atoms with Gasteiger partial charge in [-0.1, -0.05) is 12.1 Å². The molecule has 0 fully saturated rings. The maximum Gasteiger partial charge on any atom is 0.269 e. The quantitative estimate of drug-likeness (QED) is 0.595. The van der Waals surface area contributed by atoms with Crippen LogP contribution >= 0.6 is 0 Å². The molecule has 0 aliphatic rings. The molecule has 7 heteroatoms. The molecule has 0 saturated heterocycles. The van der Waals surface area contributed by atoms with Crippen LogP contribution in [0, 0.1) is 10.1 Å². The van der Waals surface area contributed by atoms with Crippen LogP contribution in [0.5, 0.6) is 5.75 Å². The molecule has 0 spiro atoms.